The molecule has 0 unspecified atom stereocenters. The van der Waals surface area contributed by atoms with Crippen LogP contribution in [-0.4, -0.2) is 6.04 Å². The molecule has 1 rings (SSSR count). The van der Waals surface area contributed by atoms with Crippen LogP contribution in [0.25, 0.3) is 0 Å². The van der Waals surface area contributed by atoms with Crippen LogP contribution in [0.2, 0.25) is 0 Å². The molecular weight excluding hydrogens is 122 g/mol. The van der Waals surface area contributed by atoms with Gasteiger partial charge in [0.2, 0.25) is 0 Å². The zero-order valence-corrected chi connectivity index (χ0v) is 7.20. The smallest absolute Gasteiger partial charge is 0.0201 e. The average Bonchev–Trinajstić information content (AvgIpc) is 2.15. The standard InChI is InChI=1S/C9H17N/c1-7(2)10-9-6-4-5-8(9)3/h7,10H,4-6H2,1-3H3. The molecule has 0 aromatic heterocycles. The Balaban J connectivity index is 2.46. The fourth-order valence-corrected chi connectivity index (χ4v) is 1.44. The summed E-state index contributed by atoms with van der Waals surface area (Å²) < 4.78 is 0. The van der Waals surface area contributed by atoms with Crippen molar-refractivity contribution in [3.8, 4) is 0 Å². The van der Waals surface area contributed by atoms with Crippen LogP contribution >= 0.6 is 0 Å². The Hall–Kier alpha value is -0.460. The molecule has 1 aliphatic rings. The van der Waals surface area contributed by atoms with Gasteiger partial charge in [-0.1, -0.05) is 5.57 Å². The van der Waals surface area contributed by atoms with E-state index in [1.54, 1.807) is 5.57 Å². The van der Waals surface area contributed by atoms with Gasteiger partial charge in [0.25, 0.3) is 0 Å². The highest BCUT2D eigenvalue weighted by molar-refractivity contribution is 5.15. The topological polar surface area (TPSA) is 12.0 Å². The van der Waals surface area contributed by atoms with E-state index in [-0.39, 0.29) is 0 Å². The lowest BCUT2D eigenvalue weighted by molar-refractivity contribution is 0.648. The van der Waals surface area contributed by atoms with E-state index in [4.69, 9.17) is 0 Å². The van der Waals surface area contributed by atoms with Crippen molar-refractivity contribution >= 4 is 0 Å². The van der Waals surface area contributed by atoms with Crippen LogP contribution in [0.3, 0.4) is 0 Å². The number of hydrogen-bond acceptors (Lipinski definition) is 1. The Bertz CT molecular complexity index is 145. The van der Waals surface area contributed by atoms with E-state index in [0.29, 0.717) is 6.04 Å². The summed E-state index contributed by atoms with van der Waals surface area (Å²) in [6, 6.07) is 0.600. The van der Waals surface area contributed by atoms with Gasteiger partial charge >= 0.3 is 0 Å². The lowest BCUT2D eigenvalue weighted by Gasteiger charge is -2.11. The molecule has 0 radical (unpaired) electrons. The number of rotatable bonds is 2. The second-order valence-electron chi connectivity index (χ2n) is 3.41. The van der Waals surface area contributed by atoms with Crippen molar-refractivity contribution in [1.29, 1.82) is 0 Å². The Kier molecular flexibility index (Phi) is 2.36. The zero-order chi connectivity index (χ0) is 7.56. The lowest BCUT2D eigenvalue weighted by Crippen LogP contribution is -2.21. The number of allylic oxidation sites excluding steroid dienone is 2. The second kappa shape index (κ2) is 3.09. The van der Waals surface area contributed by atoms with Crippen molar-refractivity contribution in [3.63, 3.8) is 0 Å². The van der Waals surface area contributed by atoms with Gasteiger partial charge in [-0.25, -0.2) is 0 Å². The maximum absolute atomic E-state index is 3.47. The molecule has 10 heavy (non-hydrogen) atoms. The highest BCUT2D eigenvalue weighted by Crippen LogP contribution is 2.23. The molecular formula is C9H17N. The maximum Gasteiger partial charge on any atom is 0.0201 e. The van der Waals surface area contributed by atoms with Crippen molar-refractivity contribution in [2.24, 2.45) is 0 Å². The molecule has 0 bridgehead atoms. The first-order valence-electron chi connectivity index (χ1n) is 4.15. The monoisotopic (exact) mass is 139 g/mol. The molecule has 0 spiro atoms. The minimum Gasteiger partial charge on any atom is -0.386 e. The molecule has 0 saturated carbocycles. The fourth-order valence-electron chi connectivity index (χ4n) is 1.44. The van der Waals surface area contributed by atoms with Gasteiger partial charge in [-0.05, 0) is 40.0 Å². The second-order valence-corrected chi connectivity index (χ2v) is 3.41. The molecule has 1 N–H and O–H groups in total. The first-order chi connectivity index (χ1) is 4.70. The summed E-state index contributed by atoms with van der Waals surface area (Å²) in [5.74, 6) is 0. The minimum atomic E-state index is 0.600. The van der Waals surface area contributed by atoms with E-state index in [1.807, 2.05) is 0 Å². The molecule has 1 heteroatoms. The Morgan fingerprint density at radius 2 is 2.00 bits per heavy atom. The highest BCUT2D eigenvalue weighted by Gasteiger charge is 2.10. The molecule has 0 saturated heterocycles. The molecule has 58 valence electrons. The van der Waals surface area contributed by atoms with Crippen molar-refractivity contribution in [2.45, 2.75) is 46.1 Å². The van der Waals surface area contributed by atoms with E-state index in [1.165, 1.54) is 25.0 Å². The zero-order valence-electron chi connectivity index (χ0n) is 7.20. The summed E-state index contributed by atoms with van der Waals surface area (Å²) in [5, 5.41) is 3.47. The Labute approximate surface area is 63.5 Å². The first-order valence-corrected chi connectivity index (χ1v) is 4.15. The SMILES string of the molecule is CC1=C(NC(C)C)CCC1. The average molecular weight is 139 g/mol. The van der Waals surface area contributed by atoms with Gasteiger partial charge in [0.05, 0.1) is 0 Å². The van der Waals surface area contributed by atoms with Crippen molar-refractivity contribution < 1.29 is 0 Å². The van der Waals surface area contributed by atoms with Crippen LogP contribution in [0.1, 0.15) is 40.0 Å². The Morgan fingerprint density at radius 3 is 2.40 bits per heavy atom. The third-order valence-electron chi connectivity index (χ3n) is 1.96. The lowest BCUT2D eigenvalue weighted by atomic mass is 10.2. The van der Waals surface area contributed by atoms with E-state index in [0.717, 1.165) is 0 Å². The van der Waals surface area contributed by atoms with E-state index < -0.39 is 0 Å². The van der Waals surface area contributed by atoms with E-state index in [2.05, 4.69) is 26.1 Å². The molecule has 1 nitrogen and oxygen atoms in total. The van der Waals surface area contributed by atoms with Gasteiger partial charge in [-0.15, -0.1) is 0 Å². The molecule has 0 aromatic rings. The molecule has 1 aliphatic carbocycles. The summed E-state index contributed by atoms with van der Waals surface area (Å²) >= 11 is 0. The van der Waals surface area contributed by atoms with Gasteiger partial charge in [0.1, 0.15) is 0 Å². The number of nitrogens with one attached hydrogen (secondary N) is 1. The van der Waals surface area contributed by atoms with Crippen molar-refractivity contribution in [3.05, 3.63) is 11.3 Å². The van der Waals surface area contributed by atoms with Gasteiger partial charge in [-0.3, -0.25) is 0 Å². The summed E-state index contributed by atoms with van der Waals surface area (Å²) in [6.07, 6.45) is 3.92. The summed E-state index contributed by atoms with van der Waals surface area (Å²) in [6.45, 7) is 6.62. The summed E-state index contributed by atoms with van der Waals surface area (Å²) in [7, 11) is 0. The largest absolute Gasteiger partial charge is 0.386 e. The van der Waals surface area contributed by atoms with Crippen LogP contribution in [0.5, 0.6) is 0 Å². The van der Waals surface area contributed by atoms with Crippen LogP contribution in [0, 0.1) is 0 Å². The molecule has 0 fully saturated rings. The number of hydrogen-bond donors (Lipinski definition) is 1. The molecule has 0 amide bonds. The minimum absolute atomic E-state index is 0.600. The normalized spacial score (nSPS) is 18.8. The van der Waals surface area contributed by atoms with Gasteiger partial charge in [0, 0.05) is 11.7 Å². The molecule has 0 heterocycles. The third-order valence-corrected chi connectivity index (χ3v) is 1.96. The van der Waals surface area contributed by atoms with Crippen LogP contribution in [0.4, 0.5) is 0 Å². The van der Waals surface area contributed by atoms with Gasteiger partial charge in [0.15, 0.2) is 0 Å². The van der Waals surface area contributed by atoms with Crippen LogP contribution in [0.15, 0.2) is 11.3 Å². The van der Waals surface area contributed by atoms with E-state index in [9.17, 15) is 0 Å². The molecule has 0 aromatic carbocycles. The van der Waals surface area contributed by atoms with E-state index >= 15 is 0 Å². The fraction of sp³-hybridized carbons (Fsp3) is 0.778. The first kappa shape index (κ1) is 7.64. The van der Waals surface area contributed by atoms with Crippen LogP contribution in [-0.2, 0) is 0 Å². The quantitative estimate of drug-likeness (QED) is 0.619. The molecule has 0 aliphatic heterocycles. The summed E-state index contributed by atoms with van der Waals surface area (Å²) in [4.78, 5) is 0. The van der Waals surface area contributed by atoms with Crippen LogP contribution < -0.4 is 5.32 Å². The Morgan fingerprint density at radius 1 is 1.30 bits per heavy atom. The highest BCUT2D eigenvalue weighted by atomic mass is 14.9. The third kappa shape index (κ3) is 1.76. The summed E-state index contributed by atoms with van der Waals surface area (Å²) in [5.41, 5.74) is 3.06. The predicted octanol–water partition coefficient (Wildman–Crippen LogP) is 2.44. The van der Waals surface area contributed by atoms with Crippen molar-refractivity contribution in [1.82, 2.24) is 5.32 Å². The predicted molar refractivity (Wildman–Crippen MR) is 44.8 cm³/mol. The van der Waals surface area contributed by atoms with Crippen molar-refractivity contribution in [2.75, 3.05) is 0 Å². The van der Waals surface area contributed by atoms with Gasteiger partial charge in [-0.2, -0.15) is 0 Å². The van der Waals surface area contributed by atoms with Gasteiger partial charge < -0.3 is 5.32 Å². The molecule has 0 atom stereocenters. The maximum atomic E-state index is 3.47.